The number of rotatable bonds is 5. The Morgan fingerprint density at radius 2 is 1.86 bits per heavy atom. The summed E-state index contributed by atoms with van der Waals surface area (Å²) in [4.78, 5) is 11.6. The van der Waals surface area contributed by atoms with Crippen LogP contribution in [0.25, 0.3) is 0 Å². The minimum absolute atomic E-state index is 0.698. The van der Waals surface area contributed by atoms with E-state index in [1.165, 1.54) is 0 Å². The van der Waals surface area contributed by atoms with Crippen LogP contribution in [0.2, 0.25) is 0 Å². The molecule has 0 aromatic heterocycles. The Labute approximate surface area is 124 Å². The van der Waals surface area contributed by atoms with Gasteiger partial charge in [-0.2, -0.15) is 0 Å². The second kappa shape index (κ2) is 6.31. The number of methoxy groups -OCH3 is 1. The van der Waals surface area contributed by atoms with Gasteiger partial charge in [-0.1, -0.05) is 24.3 Å². The second-order valence-corrected chi connectivity index (χ2v) is 4.96. The molecule has 0 saturated carbocycles. The monoisotopic (exact) mass is 285 g/mol. The number of hydrogen-bond acceptors (Lipinski definition) is 3. The Balaban J connectivity index is 2.34. The fourth-order valence-corrected chi connectivity index (χ4v) is 2.26. The van der Waals surface area contributed by atoms with Crippen LogP contribution < -0.4 is 10.1 Å². The number of para-hydroxylation sites is 1. The summed E-state index contributed by atoms with van der Waals surface area (Å²) < 4.78 is 5.21. The Morgan fingerprint density at radius 1 is 1.14 bits per heavy atom. The number of ether oxygens (including phenoxy) is 1. The van der Waals surface area contributed by atoms with Crippen molar-refractivity contribution in [2.45, 2.75) is 19.9 Å². The van der Waals surface area contributed by atoms with Gasteiger partial charge in [-0.3, -0.25) is 0 Å². The predicted octanol–water partition coefficient (Wildman–Crippen LogP) is 3.55. The van der Waals surface area contributed by atoms with Crippen molar-refractivity contribution >= 4 is 11.7 Å². The van der Waals surface area contributed by atoms with Crippen molar-refractivity contribution in [3.05, 3.63) is 59.2 Å². The molecule has 0 heterocycles. The maximum Gasteiger partial charge on any atom is 0.330 e. The Bertz CT molecular complexity index is 652. The first kappa shape index (κ1) is 14.9. The van der Waals surface area contributed by atoms with Crippen LogP contribution in [0.15, 0.2) is 42.5 Å². The molecule has 0 spiro atoms. The summed E-state index contributed by atoms with van der Waals surface area (Å²) in [5.41, 5.74) is 3.43. The van der Waals surface area contributed by atoms with E-state index in [0.717, 1.165) is 22.6 Å². The minimum Gasteiger partial charge on any atom is -0.496 e. The zero-order valence-corrected chi connectivity index (χ0v) is 12.4. The summed E-state index contributed by atoms with van der Waals surface area (Å²) in [5.74, 6) is -0.165. The fourth-order valence-electron chi connectivity index (χ4n) is 2.26. The van der Waals surface area contributed by atoms with Gasteiger partial charge in [0.2, 0.25) is 0 Å². The summed E-state index contributed by atoms with van der Waals surface area (Å²) in [6.45, 7) is 3.84. The van der Waals surface area contributed by atoms with Crippen molar-refractivity contribution in [2.75, 3.05) is 12.4 Å². The van der Waals surface area contributed by atoms with E-state index in [9.17, 15) is 9.90 Å². The molecule has 2 N–H and O–H groups in total. The molecule has 4 heteroatoms. The number of aliphatic carboxylic acids is 1. The molecule has 2 aromatic carbocycles. The zero-order chi connectivity index (χ0) is 15.4. The maximum atomic E-state index is 11.6. The van der Waals surface area contributed by atoms with Gasteiger partial charge in [0.1, 0.15) is 5.75 Å². The van der Waals surface area contributed by atoms with Gasteiger partial charge in [-0.15, -0.1) is 0 Å². The van der Waals surface area contributed by atoms with E-state index in [2.05, 4.69) is 5.32 Å². The average Bonchev–Trinajstić information content (AvgIpc) is 2.46. The fraction of sp³-hybridized carbons (Fsp3) is 0.235. The van der Waals surface area contributed by atoms with Crippen molar-refractivity contribution < 1.29 is 14.6 Å². The van der Waals surface area contributed by atoms with Gasteiger partial charge < -0.3 is 15.2 Å². The zero-order valence-electron chi connectivity index (χ0n) is 12.4. The maximum absolute atomic E-state index is 11.6. The first-order chi connectivity index (χ1) is 10.0. The summed E-state index contributed by atoms with van der Waals surface area (Å²) in [7, 11) is 1.60. The molecule has 0 aliphatic heterocycles. The van der Waals surface area contributed by atoms with E-state index < -0.39 is 12.0 Å². The summed E-state index contributed by atoms with van der Waals surface area (Å²) in [5, 5.41) is 12.6. The standard InChI is InChI=1S/C17H19NO3/c1-11-6-4-5-7-14(11)18-16(17(19)20)13-8-9-15(21-3)12(2)10-13/h4-10,16,18H,1-3H3,(H,19,20). The number of benzene rings is 2. The highest BCUT2D eigenvalue weighted by molar-refractivity contribution is 5.79. The van der Waals surface area contributed by atoms with Gasteiger partial charge in [0.25, 0.3) is 0 Å². The highest BCUT2D eigenvalue weighted by atomic mass is 16.5. The lowest BCUT2D eigenvalue weighted by Crippen LogP contribution is -2.21. The molecule has 4 nitrogen and oxygen atoms in total. The average molecular weight is 285 g/mol. The molecule has 2 aromatic rings. The molecule has 1 atom stereocenters. The molecule has 0 amide bonds. The number of nitrogens with one attached hydrogen (secondary N) is 1. The molecule has 0 fully saturated rings. The van der Waals surface area contributed by atoms with E-state index >= 15 is 0 Å². The lowest BCUT2D eigenvalue weighted by Gasteiger charge is -2.18. The third-order valence-corrected chi connectivity index (χ3v) is 3.44. The van der Waals surface area contributed by atoms with Crippen molar-refractivity contribution in [1.82, 2.24) is 0 Å². The molecule has 21 heavy (non-hydrogen) atoms. The summed E-state index contributed by atoms with van der Waals surface area (Å²) >= 11 is 0. The smallest absolute Gasteiger partial charge is 0.330 e. The molecular formula is C17H19NO3. The van der Waals surface area contributed by atoms with E-state index in [4.69, 9.17) is 4.74 Å². The van der Waals surface area contributed by atoms with Gasteiger partial charge in [0.05, 0.1) is 7.11 Å². The quantitative estimate of drug-likeness (QED) is 0.882. The van der Waals surface area contributed by atoms with Crippen molar-refractivity contribution in [3.63, 3.8) is 0 Å². The number of hydrogen-bond donors (Lipinski definition) is 2. The molecule has 2 rings (SSSR count). The van der Waals surface area contributed by atoms with Crippen LogP contribution in [0.5, 0.6) is 5.75 Å². The number of aryl methyl sites for hydroxylation is 2. The number of anilines is 1. The van der Waals surface area contributed by atoms with E-state index in [0.29, 0.717) is 5.56 Å². The van der Waals surface area contributed by atoms with E-state index in [1.807, 2.05) is 44.2 Å². The van der Waals surface area contributed by atoms with Gasteiger partial charge in [-0.25, -0.2) is 4.79 Å². The van der Waals surface area contributed by atoms with Crippen molar-refractivity contribution in [1.29, 1.82) is 0 Å². The van der Waals surface area contributed by atoms with Gasteiger partial charge in [0, 0.05) is 5.69 Å². The number of carbonyl (C=O) groups is 1. The third-order valence-electron chi connectivity index (χ3n) is 3.44. The van der Waals surface area contributed by atoms with E-state index in [1.54, 1.807) is 19.2 Å². The normalized spacial score (nSPS) is 11.8. The SMILES string of the molecule is COc1ccc(C(Nc2ccccc2C)C(=O)O)cc1C. The molecular weight excluding hydrogens is 266 g/mol. The Hall–Kier alpha value is -2.49. The number of carboxylic acid groups (broad SMARTS) is 1. The minimum atomic E-state index is -0.914. The van der Waals surface area contributed by atoms with Crippen LogP contribution >= 0.6 is 0 Å². The lowest BCUT2D eigenvalue weighted by atomic mass is 10.0. The molecule has 110 valence electrons. The predicted molar refractivity (Wildman–Crippen MR) is 82.9 cm³/mol. The largest absolute Gasteiger partial charge is 0.496 e. The van der Waals surface area contributed by atoms with Gasteiger partial charge >= 0.3 is 5.97 Å². The molecule has 0 saturated heterocycles. The molecule has 0 aliphatic rings. The third kappa shape index (κ3) is 3.34. The van der Waals surface area contributed by atoms with Crippen LogP contribution in [-0.2, 0) is 4.79 Å². The van der Waals surface area contributed by atoms with E-state index in [-0.39, 0.29) is 0 Å². The second-order valence-electron chi connectivity index (χ2n) is 4.96. The Morgan fingerprint density at radius 3 is 2.43 bits per heavy atom. The van der Waals surface area contributed by atoms with Crippen molar-refractivity contribution in [2.24, 2.45) is 0 Å². The van der Waals surface area contributed by atoms with Crippen LogP contribution in [0.1, 0.15) is 22.7 Å². The molecule has 0 radical (unpaired) electrons. The van der Waals surface area contributed by atoms with Crippen LogP contribution in [0, 0.1) is 13.8 Å². The topological polar surface area (TPSA) is 58.6 Å². The summed E-state index contributed by atoms with van der Waals surface area (Å²) in [6.07, 6.45) is 0. The molecule has 0 bridgehead atoms. The van der Waals surface area contributed by atoms with Crippen LogP contribution in [0.4, 0.5) is 5.69 Å². The lowest BCUT2D eigenvalue weighted by molar-refractivity contribution is -0.138. The van der Waals surface area contributed by atoms with Crippen LogP contribution in [-0.4, -0.2) is 18.2 Å². The van der Waals surface area contributed by atoms with Gasteiger partial charge in [-0.05, 0) is 48.7 Å². The van der Waals surface area contributed by atoms with Crippen molar-refractivity contribution in [3.8, 4) is 5.75 Å². The van der Waals surface area contributed by atoms with Gasteiger partial charge in [0.15, 0.2) is 6.04 Å². The first-order valence-electron chi connectivity index (χ1n) is 6.72. The highest BCUT2D eigenvalue weighted by Gasteiger charge is 2.20. The molecule has 1 unspecified atom stereocenters. The summed E-state index contributed by atoms with van der Waals surface area (Å²) in [6, 6.07) is 12.2. The highest BCUT2D eigenvalue weighted by Crippen LogP contribution is 2.26. The van der Waals surface area contributed by atoms with Crippen LogP contribution in [0.3, 0.4) is 0 Å². The number of carboxylic acids is 1. The Kier molecular flexibility index (Phi) is 4.48. The first-order valence-corrected chi connectivity index (χ1v) is 6.72. The molecule has 0 aliphatic carbocycles.